The van der Waals surface area contributed by atoms with Gasteiger partial charge < -0.3 is 15.8 Å². The van der Waals surface area contributed by atoms with Gasteiger partial charge in [-0.3, -0.25) is 0 Å². The van der Waals surface area contributed by atoms with Gasteiger partial charge in [0.1, 0.15) is 0 Å². The summed E-state index contributed by atoms with van der Waals surface area (Å²) in [5.74, 6) is 0.818. The van der Waals surface area contributed by atoms with Gasteiger partial charge in [0.2, 0.25) is 0 Å². The fourth-order valence-corrected chi connectivity index (χ4v) is 2.72. The molecule has 0 amide bonds. The van der Waals surface area contributed by atoms with Crippen LogP contribution in [0.4, 0.5) is 5.82 Å². The molecular formula is C15H20N4O. The number of hydrogen-bond acceptors (Lipinski definition) is 5. The lowest BCUT2D eigenvalue weighted by Gasteiger charge is -2.37. The second-order valence-electron chi connectivity index (χ2n) is 5.40. The number of aryl methyl sites for hydroxylation is 1. The Hall–Kier alpha value is -1.72. The van der Waals surface area contributed by atoms with Crippen LogP contribution in [0.2, 0.25) is 0 Å². The first-order valence-electron chi connectivity index (χ1n) is 7.02. The molecule has 2 heterocycles. The van der Waals surface area contributed by atoms with Crippen LogP contribution in [0.1, 0.15) is 18.5 Å². The summed E-state index contributed by atoms with van der Waals surface area (Å²) in [4.78, 5) is 0. The lowest BCUT2D eigenvalue weighted by molar-refractivity contribution is 0.0627. The maximum absolute atomic E-state index is 5.99. The highest BCUT2D eigenvalue weighted by Crippen LogP contribution is 2.28. The van der Waals surface area contributed by atoms with Gasteiger partial charge in [-0.15, -0.1) is 5.10 Å². The summed E-state index contributed by atoms with van der Waals surface area (Å²) >= 11 is 0. The molecule has 0 radical (unpaired) electrons. The minimum atomic E-state index is -0.134. The van der Waals surface area contributed by atoms with Gasteiger partial charge in [0.15, 0.2) is 5.82 Å². The molecule has 0 aliphatic carbocycles. The normalized spacial score (nSPS) is 18.1. The third-order valence-electron chi connectivity index (χ3n) is 4.10. The van der Waals surface area contributed by atoms with E-state index in [1.54, 1.807) is 0 Å². The topological polar surface area (TPSA) is 73.1 Å². The van der Waals surface area contributed by atoms with E-state index in [1.807, 2.05) is 19.1 Å². The number of fused-ring (bicyclic) bond motifs is 1. The zero-order valence-corrected chi connectivity index (χ0v) is 11.7. The maximum Gasteiger partial charge on any atom is 0.157 e. The second-order valence-corrected chi connectivity index (χ2v) is 5.40. The minimum Gasteiger partial charge on any atom is -0.381 e. The number of rotatable bonds is 3. The first-order valence-corrected chi connectivity index (χ1v) is 7.02. The number of nitrogens with zero attached hydrogens (tertiary/aromatic N) is 2. The van der Waals surface area contributed by atoms with Crippen LogP contribution >= 0.6 is 0 Å². The zero-order valence-electron chi connectivity index (χ0n) is 11.7. The van der Waals surface area contributed by atoms with Crippen LogP contribution in [0.3, 0.4) is 0 Å². The molecule has 1 aliphatic rings. The molecule has 106 valence electrons. The first kappa shape index (κ1) is 13.3. The molecular weight excluding hydrogens is 252 g/mol. The zero-order chi connectivity index (χ0) is 14.0. The maximum atomic E-state index is 5.99. The second kappa shape index (κ2) is 5.34. The fourth-order valence-electron chi connectivity index (χ4n) is 2.72. The van der Waals surface area contributed by atoms with Crippen LogP contribution in [0.25, 0.3) is 10.8 Å². The van der Waals surface area contributed by atoms with Crippen molar-refractivity contribution in [3.63, 3.8) is 0 Å². The Morgan fingerprint density at radius 3 is 2.60 bits per heavy atom. The molecule has 1 fully saturated rings. The van der Waals surface area contributed by atoms with Crippen LogP contribution in [0.5, 0.6) is 0 Å². The predicted octanol–water partition coefficient (Wildman–Crippen LogP) is 1.86. The average Bonchev–Trinajstić information content (AvgIpc) is 2.51. The first-order chi connectivity index (χ1) is 9.74. The van der Waals surface area contributed by atoms with Gasteiger partial charge in [0.25, 0.3) is 0 Å². The summed E-state index contributed by atoms with van der Waals surface area (Å²) in [6, 6.07) is 8.19. The van der Waals surface area contributed by atoms with Crippen molar-refractivity contribution in [2.75, 3.05) is 25.1 Å². The van der Waals surface area contributed by atoms with Crippen molar-refractivity contribution in [3.8, 4) is 0 Å². The molecule has 3 rings (SSSR count). The van der Waals surface area contributed by atoms with E-state index in [-0.39, 0.29) is 5.54 Å². The van der Waals surface area contributed by atoms with E-state index in [2.05, 4.69) is 27.6 Å². The smallest absolute Gasteiger partial charge is 0.157 e. The third-order valence-corrected chi connectivity index (χ3v) is 4.10. The molecule has 0 bridgehead atoms. The lowest BCUT2D eigenvalue weighted by Crippen LogP contribution is -2.49. The number of benzene rings is 1. The predicted molar refractivity (Wildman–Crippen MR) is 79.7 cm³/mol. The molecule has 5 nitrogen and oxygen atoms in total. The van der Waals surface area contributed by atoms with Gasteiger partial charge in [-0.2, -0.15) is 5.10 Å². The molecule has 1 aromatic carbocycles. The highest BCUT2D eigenvalue weighted by atomic mass is 16.5. The van der Waals surface area contributed by atoms with Crippen LogP contribution in [-0.4, -0.2) is 35.5 Å². The van der Waals surface area contributed by atoms with Gasteiger partial charge in [0, 0.05) is 30.5 Å². The summed E-state index contributed by atoms with van der Waals surface area (Å²) in [5, 5.41) is 14.4. The number of hydrogen-bond donors (Lipinski definition) is 2. The molecule has 20 heavy (non-hydrogen) atoms. The number of ether oxygens (including phenoxy) is 1. The molecule has 0 atom stereocenters. The van der Waals surface area contributed by atoms with Crippen LogP contribution in [-0.2, 0) is 4.74 Å². The summed E-state index contributed by atoms with van der Waals surface area (Å²) in [6.07, 6.45) is 1.79. The Balaban J connectivity index is 2.00. The van der Waals surface area contributed by atoms with E-state index >= 15 is 0 Å². The Morgan fingerprint density at radius 1 is 1.20 bits per heavy atom. The Bertz CT molecular complexity index is 608. The molecule has 0 unspecified atom stereocenters. The van der Waals surface area contributed by atoms with Crippen molar-refractivity contribution in [3.05, 3.63) is 30.0 Å². The number of nitrogens with one attached hydrogen (secondary N) is 1. The van der Waals surface area contributed by atoms with Crippen molar-refractivity contribution in [1.29, 1.82) is 0 Å². The Labute approximate surface area is 118 Å². The molecule has 2 aromatic rings. The highest BCUT2D eigenvalue weighted by Gasteiger charge is 2.32. The van der Waals surface area contributed by atoms with Gasteiger partial charge in [-0.05, 0) is 19.8 Å². The number of nitrogens with two attached hydrogens (primary N) is 1. The monoisotopic (exact) mass is 272 g/mol. The summed E-state index contributed by atoms with van der Waals surface area (Å²) < 4.78 is 5.44. The van der Waals surface area contributed by atoms with E-state index in [0.29, 0.717) is 6.54 Å². The third kappa shape index (κ3) is 2.34. The van der Waals surface area contributed by atoms with E-state index in [9.17, 15) is 0 Å². The summed E-state index contributed by atoms with van der Waals surface area (Å²) in [5.41, 5.74) is 6.80. The highest BCUT2D eigenvalue weighted by molar-refractivity contribution is 5.93. The standard InChI is InChI=1S/C15H20N4O/c1-11-12-4-2-3-5-13(12)14(19-18-11)17-15(10-16)6-8-20-9-7-15/h2-5H,6-10,16H2,1H3,(H,17,19). The van der Waals surface area contributed by atoms with E-state index < -0.39 is 0 Å². The van der Waals surface area contributed by atoms with Crippen molar-refractivity contribution >= 4 is 16.6 Å². The van der Waals surface area contributed by atoms with Gasteiger partial charge in [-0.1, -0.05) is 24.3 Å². The van der Waals surface area contributed by atoms with Crippen molar-refractivity contribution < 1.29 is 4.74 Å². The van der Waals surface area contributed by atoms with Crippen molar-refractivity contribution in [1.82, 2.24) is 10.2 Å². The van der Waals surface area contributed by atoms with Crippen LogP contribution < -0.4 is 11.1 Å². The van der Waals surface area contributed by atoms with Gasteiger partial charge in [-0.25, -0.2) is 0 Å². The largest absolute Gasteiger partial charge is 0.381 e. The molecule has 0 saturated carbocycles. The minimum absolute atomic E-state index is 0.134. The number of aromatic nitrogens is 2. The Kier molecular flexibility index (Phi) is 3.54. The molecule has 3 N–H and O–H groups in total. The van der Waals surface area contributed by atoms with E-state index in [0.717, 1.165) is 48.3 Å². The molecule has 1 aromatic heterocycles. The SMILES string of the molecule is Cc1nnc(NC2(CN)CCOCC2)c2ccccc12. The van der Waals surface area contributed by atoms with E-state index in [1.165, 1.54) is 0 Å². The van der Waals surface area contributed by atoms with Crippen molar-refractivity contribution in [2.45, 2.75) is 25.3 Å². The Morgan fingerprint density at radius 2 is 1.90 bits per heavy atom. The molecule has 1 aliphatic heterocycles. The summed E-state index contributed by atoms with van der Waals surface area (Å²) in [7, 11) is 0. The van der Waals surface area contributed by atoms with Crippen LogP contribution in [0.15, 0.2) is 24.3 Å². The van der Waals surface area contributed by atoms with Gasteiger partial charge >= 0.3 is 0 Å². The molecule has 0 spiro atoms. The van der Waals surface area contributed by atoms with Crippen LogP contribution in [0, 0.1) is 6.92 Å². The fraction of sp³-hybridized carbons (Fsp3) is 0.467. The van der Waals surface area contributed by atoms with E-state index in [4.69, 9.17) is 10.5 Å². The molecule has 1 saturated heterocycles. The van der Waals surface area contributed by atoms with Crippen molar-refractivity contribution in [2.24, 2.45) is 5.73 Å². The summed E-state index contributed by atoms with van der Waals surface area (Å²) in [6.45, 7) is 4.02. The quantitative estimate of drug-likeness (QED) is 0.892. The lowest BCUT2D eigenvalue weighted by atomic mass is 9.90. The molecule has 5 heteroatoms. The van der Waals surface area contributed by atoms with Gasteiger partial charge in [0.05, 0.1) is 11.2 Å². The number of anilines is 1. The average molecular weight is 272 g/mol.